The Labute approximate surface area is 158 Å². The molecule has 0 fully saturated rings. The van der Waals surface area contributed by atoms with E-state index in [0.29, 0.717) is 27.1 Å². The fraction of sp³-hybridized carbons (Fsp3) is 0.235. The fourth-order valence-electron chi connectivity index (χ4n) is 2.14. The predicted molar refractivity (Wildman–Crippen MR) is 108 cm³/mol. The van der Waals surface area contributed by atoms with Gasteiger partial charge in [-0.05, 0) is 61.5 Å². The van der Waals surface area contributed by atoms with E-state index in [0.717, 1.165) is 13.0 Å². The summed E-state index contributed by atoms with van der Waals surface area (Å²) in [7, 11) is -3.75. The third-order valence-corrected chi connectivity index (χ3v) is 5.35. The molecular weight excluding hydrogens is 378 g/mol. The Morgan fingerprint density at radius 3 is 2.60 bits per heavy atom. The Balaban J connectivity index is 2.24. The van der Waals surface area contributed by atoms with Crippen molar-refractivity contribution in [2.75, 3.05) is 16.6 Å². The molecule has 2 aromatic carbocycles. The second kappa shape index (κ2) is 8.51. The van der Waals surface area contributed by atoms with E-state index in [1.165, 1.54) is 0 Å². The van der Waals surface area contributed by atoms with Gasteiger partial charge in [-0.1, -0.05) is 30.7 Å². The topological polar surface area (TPSA) is 70.2 Å². The van der Waals surface area contributed by atoms with Gasteiger partial charge >= 0.3 is 0 Å². The van der Waals surface area contributed by atoms with Crippen molar-refractivity contribution >= 4 is 50.3 Å². The van der Waals surface area contributed by atoms with Crippen LogP contribution in [-0.4, -0.2) is 20.1 Å². The number of halogens is 1. The maximum atomic E-state index is 12.7. The first kappa shape index (κ1) is 19.5. The normalized spacial score (nSPS) is 11.0. The van der Waals surface area contributed by atoms with Crippen molar-refractivity contribution in [2.24, 2.45) is 0 Å². The molecule has 0 radical (unpaired) electrons. The van der Waals surface area contributed by atoms with Crippen molar-refractivity contribution < 1.29 is 8.42 Å². The van der Waals surface area contributed by atoms with E-state index in [2.05, 4.69) is 15.4 Å². The number of rotatable bonds is 6. The highest BCUT2D eigenvalue weighted by atomic mass is 35.5. The molecule has 5 nitrogen and oxygen atoms in total. The van der Waals surface area contributed by atoms with Gasteiger partial charge in [0.25, 0.3) is 10.0 Å². The lowest BCUT2D eigenvalue weighted by atomic mass is 10.2. The van der Waals surface area contributed by atoms with Crippen molar-refractivity contribution in [1.29, 1.82) is 0 Å². The first-order valence-corrected chi connectivity index (χ1v) is 10.0. The highest BCUT2D eigenvalue weighted by Gasteiger charge is 2.18. The minimum Gasteiger partial charge on any atom is -0.362 e. The Bertz CT molecular complexity index is 870. The second-order valence-electron chi connectivity index (χ2n) is 5.48. The zero-order valence-electron chi connectivity index (χ0n) is 14.0. The minimum atomic E-state index is -3.75. The number of aryl methyl sites for hydroxylation is 1. The lowest BCUT2D eigenvalue weighted by Gasteiger charge is -2.14. The summed E-state index contributed by atoms with van der Waals surface area (Å²) in [6.45, 7) is 4.52. The molecule has 0 aromatic heterocycles. The summed E-state index contributed by atoms with van der Waals surface area (Å²) in [6, 6.07) is 11.6. The minimum absolute atomic E-state index is 0.177. The van der Waals surface area contributed by atoms with Crippen LogP contribution in [0.2, 0.25) is 5.02 Å². The van der Waals surface area contributed by atoms with E-state index in [1.807, 2.05) is 6.92 Å². The van der Waals surface area contributed by atoms with Crippen molar-refractivity contribution in [3.05, 3.63) is 53.1 Å². The lowest BCUT2D eigenvalue weighted by Crippen LogP contribution is -2.29. The van der Waals surface area contributed by atoms with Crippen LogP contribution in [0.5, 0.6) is 0 Å². The zero-order valence-corrected chi connectivity index (χ0v) is 16.4. The summed E-state index contributed by atoms with van der Waals surface area (Å²) in [5.74, 6) is 0. The van der Waals surface area contributed by atoms with Crippen molar-refractivity contribution in [3.63, 3.8) is 0 Å². The Kier molecular flexibility index (Phi) is 6.64. The quantitative estimate of drug-likeness (QED) is 0.639. The monoisotopic (exact) mass is 397 g/mol. The van der Waals surface area contributed by atoms with Crippen LogP contribution in [0.4, 0.5) is 11.4 Å². The summed E-state index contributed by atoms with van der Waals surface area (Å²) < 4.78 is 28.0. The van der Waals surface area contributed by atoms with E-state index in [-0.39, 0.29) is 4.90 Å². The zero-order chi connectivity index (χ0) is 18.4. The van der Waals surface area contributed by atoms with Crippen LogP contribution < -0.4 is 15.4 Å². The first-order valence-electron chi connectivity index (χ1n) is 7.75. The average Bonchev–Trinajstić information content (AvgIpc) is 2.54. The Morgan fingerprint density at radius 1 is 1.16 bits per heavy atom. The summed E-state index contributed by atoms with van der Waals surface area (Å²) in [4.78, 5) is 0.177. The Hall–Kier alpha value is -1.83. The van der Waals surface area contributed by atoms with Crippen molar-refractivity contribution in [3.8, 4) is 0 Å². The molecule has 0 aliphatic heterocycles. The van der Waals surface area contributed by atoms with E-state index in [4.69, 9.17) is 23.8 Å². The van der Waals surface area contributed by atoms with E-state index < -0.39 is 10.0 Å². The molecule has 2 aromatic rings. The summed E-state index contributed by atoms with van der Waals surface area (Å²) in [5, 5.41) is 6.95. The molecule has 0 aliphatic carbocycles. The summed E-state index contributed by atoms with van der Waals surface area (Å²) >= 11 is 11.1. The van der Waals surface area contributed by atoms with Gasteiger partial charge < -0.3 is 10.6 Å². The van der Waals surface area contributed by atoms with Gasteiger partial charge in [0.15, 0.2) is 5.11 Å². The molecule has 0 atom stereocenters. The first-order chi connectivity index (χ1) is 11.8. The van der Waals surface area contributed by atoms with Crippen LogP contribution in [0.3, 0.4) is 0 Å². The molecular formula is C17H20ClN3O2S2. The fourth-order valence-corrected chi connectivity index (χ4v) is 3.87. The van der Waals surface area contributed by atoms with Gasteiger partial charge in [-0.25, -0.2) is 8.42 Å². The number of hydrogen-bond acceptors (Lipinski definition) is 3. The molecule has 0 aliphatic rings. The molecule has 0 bridgehead atoms. The smallest absolute Gasteiger partial charge is 0.262 e. The van der Waals surface area contributed by atoms with Crippen molar-refractivity contribution in [2.45, 2.75) is 25.2 Å². The van der Waals surface area contributed by atoms with Crippen molar-refractivity contribution in [1.82, 2.24) is 5.32 Å². The highest BCUT2D eigenvalue weighted by molar-refractivity contribution is 7.92. The molecule has 25 heavy (non-hydrogen) atoms. The third kappa shape index (κ3) is 5.59. The molecule has 2 rings (SSSR count). The van der Waals surface area contributed by atoms with Gasteiger partial charge in [0, 0.05) is 17.3 Å². The van der Waals surface area contributed by atoms with Crippen LogP contribution in [0.25, 0.3) is 0 Å². The third-order valence-electron chi connectivity index (χ3n) is 3.35. The van der Waals surface area contributed by atoms with E-state index in [1.54, 1.807) is 49.4 Å². The predicted octanol–water partition coefficient (Wildman–Crippen LogP) is 4.15. The van der Waals surface area contributed by atoms with Gasteiger partial charge in [-0.3, -0.25) is 4.72 Å². The SMILES string of the molecule is CCCNC(=S)Nc1ccc(C)c(S(=O)(=O)Nc2cccc(Cl)c2)c1. The molecule has 0 amide bonds. The number of hydrogen-bond donors (Lipinski definition) is 3. The van der Waals surface area contributed by atoms with Crippen LogP contribution in [0, 0.1) is 6.92 Å². The van der Waals surface area contributed by atoms with Gasteiger partial charge in [0.1, 0.15) is 0 Å². The number of sulfonamides is 1. The molecule has 0 saturated heterocycles. The molecule has 8 heteroatoms. The number of thiocarbonyl (C=S) groups is 1. The van der Waals surface area contributed by atoms with E-state index >= 15 is 0 Å². The highest BCUT2D eigenvalue weighted by Crippen LogP contribution is 2.24. The molecule has 134 valence electrons. The van der Waals surface area contributed by atoms with Crippen LogP contribution in [0.15, 0.2) is 47.4 Å². The maximum Gasteiger partial charge on any atom is 0.262 e. The van der Waals surface area contributed by atoms with Crippen LogP contribution in [0.1, 0.15) is 18.9 Å². The van der Waals surface area contributed by atoms with E-state index in [9.17, 15) is 8.42 Å². The second-order valence-corrected chi connectivity index (χ2v) is 7.97. The summed E-state index contributed by atoms with van der Waals surface area (Å²) in [5.41, 5.74) is 1.64. The lowest BCUT2D eigenvalue weighted by molar-refractivity contribution is 0.600. The van der Waals surface area contributed by atoms with Crippen LogP contribution >= 0.6 is 23.8 Å². The largest absolute Gasteiger partial charge is 0.362 e. The van der Waals surface area contributed by atoms with Gasteiger partial charge in [-0.2, -0.15) is 0 Å². The molecule has 0 unspecified atom stereocenters. The number of benzene rings is 2. The number of anilines is 2. The Morgan fingerprint density at radius 2 is 1.92 bits per heavy atom. The maximum absolute atomic E-state index is 12.7. The standard InChI is InChI=1S/C17H20ClN3O2S2/c1-3-9-19-17(24)20-14-8-7-12(2)16(11-14)25(22,23)21-15-6-4-5-13(18)10-15/h4-8,10-11,21H,3,9H2,1-2H3,(H2,19,20,24). The molecule has 0 heterocycles. The number of nitrogens with one attached hydrogen (secondary N) is 3. The summed E-state index contributed by atoms with van der Waals surface area (Å²) in [6.07, 6.45) is 0.943. The molecule has 0 spiro atoms. The molecule has 0 saturated carbocycles. The van der Waals surface area contributed by atoms with Crippen LogP contribution in [-0.2, 0) is 10.0 Å². The van der Waals surface area contributed by atoms with Gasteiger partial charge in [0.2, 0.25) is 0 Å². The average molecular weight is 398 g/mol. The molecule has 3 N–H and O–H groups in total. The van der Waals surface area contributed by atoms with Gasteiger partial charge in [0.05, 0.1) is 10.6 Å². The van der Waals surface area contributed by atoms with Gasteiger partial charge in [-0.15, -0.1) is 0 Å².